The smallest absolute Gasteiger partial charge is 0.251 e. The number of benzene rings is 1. The Morgan fingerprint density at radius 3 is 2.85 bits per heavy atom. The zero-order valence-electron chi connectivity index (χ0n) is 11.9. The van der Waals surface area contributed by atoms with E-state index >= 15 is 0 Å². The molecule has 0 aliphatic carbocycles. The minimum atomic E-state index is -0.0811. The fourth-order valence-corrected chi connectivity index (χ4v) is 2.06. The average Bonchev–Trinajstić information content (AvgIpc) is 2.50. The fourth-order valence-electron chi connectivity index (χ4n) is 2.06. The van der Waals surface area contributed by atoms with Crippen molar-refractivity contribution < 1.29 is 14.3 Å². The minimum absolute atomic E-state index is 0.0811. The molecule has 1 unspecified atom stereocenters. The summed E-state index contributed by atoms with van der Waals surface area (Å²) in [7, 11) is 0. The van der Waals surface area contributed by atoms with Crippen molar-refractivity contribution >= 4 is 5.91 Å². The van der Waals surface area contributed by atoms with Crippen LogP contribution in [0.4, 0.5) is 0 Å². The number of nitrogens with two attached hydrogens (primary N) is 1. The summed E-state index contributed by atoms with van der Waals surface area (Å²) in [6.45, 7) is 4.54. The molecule has 0 radical (unpaired) electrons. The average molecular weight is 278 g/mol. The summed E-state index contributed by atoms with van der Waals surface area (Å²) in [5.41, 5.74) is 6.16. The number of carbonyl (C=O) groups excluding carboxylic acids is 1. The van der Waals surface area contributed by atoms with Crippen LogP contribution in [0.25, 0.3) is 0 Å². The fraction of sp³-hybridized carbons (Fsp3) is 0.533. The van der Waals surface area contributed by atoms with Gasteiger partial charge in [0, 0.05) is 12.1 Å². The zero-order valence-corrected chi connectivity index (χ0v) is 11.9. The molecule has 0 aromatic heterocycles. The van der Waals surface area contributed by atoms with Crippen LogP contribution in [0.3, 0.4) is 0 Å². The van der Waals surface area contributed by atoms with Crippen molar-refractivity contribution in [2.45, 2.75) is 19.8 Å². The van der Waals surface area contributed by atoms with Gasteiger partial charge < -0.3 is 20.5 Å². The maximum atomic E-state index is 12.0. The van der Waals surface area contributed by atoms with Crippen LogP contribution >= 0.6 is 0 Å². The van der Waals surface area contributed by atoms with Crippen molar-refractivity contribution in [2.75, 3.05) is 26.3 Å². The Morgan fingerprint density at radius 2 is 2.10 bits per heavy atom. The predicted molar refractivity (Wildman–Crippen MR) is 77.2 cm³/mol. The lowest BCUT2D eigenvalue weighted by molar-refractivity contribution is 0.0951. The van der Waals surface area contributed by atoms with Crippen LogP contribution in [0.2, 0.25) is 0 Å². The van der Waals surface area contributed by atoms with Crippen LogP contribution in [-0.2, 0) is 0 Å². The molecule has 3 N–H and O–H groups in total. The summed E-state index contributed by atoms with van der Waals surface area (Å²) in [5, 5.41) is 2.91. The molecule has 1 atom stereocenters. The highest BCUT2D eigenvalue weighted by Gasteiger charge is 2.14. The number of fused-ring (bicyclic) bond motifs is 1. The van der Waals surface area contributed by atoms with Crippen molar-refractivity contribution in [3.05, 3.63) is 23.8 Å². The van der Waals surface area contributed by atoms with Gasteiger partial charge in [0.25, 0.3) is 5.91 Å². The highest BCUT2D eigenvalue weighted by atomic mass is 16.6. The summed E-state index contributed by atoms with van der Waals surface area (Å²) in [4.78, 5) is 12.0. The quantitative estimate of drug-likeness (QED) is 0.775. The highest BCUT2D eigenvalue weighted by Crippen LogP contribution is 2.30. The van der Waals surface area contributed by atoms with Crippen LogP contribution in [0, 0.1) is 5.92 Å². The topological polar surface area (TPSA) is 73.6 Å². The molecule has 0 saturated heterocycles. The molecular formula is C15H22N2O3. The molecule has 0 bridgehead atoms. The summed E-state index contributed by atoms with van der Waals surface area (Å²) in [5.74, 6) is 1.76. The normalized spacial score (nSPS) is 14.7. The number of ether oxygens (including phenoxy) is 2. The lowest BCUT2D eigenvalue weighted by atomic mass is 10.1. The molecule has 20 heavy (non-hydrogen) atoms. The monoisotopic (exact) mass is 278 g/mol. The molecular weight excluding hydrogens is 256 g/mol. The third-order valence-corrected chi connectivity index (χ3v) is 3.37. The largest absolute Gasteiger partial charge is 0.486 e. The second-order valence-electron chi connectivity index (χ2n) is 5.10. The second kappa shape index (κ2) is 7.14. The Balaban J connectivity index is 1.83. The molecule has 2 rings (SSSR count). The van der Waals surface area contributed by atoms with E-state index in [1.165, 1.54) is 0 Å². The van der Waals surface area contributed by atoms with E-state index in [0.717, 1.165) is 12.8 Å². The first-order chi connectivity index (χ1) is 9.70. The van der Waals surface area contributed by atoms with Gasteiger partial charge in [-0.3, -0.25) is 4.79 Å². The van der Waals surface area contributed by atoms with Gasteiger partial charge in [0.15, 0.2) is 11.5 Å². The van der Waals surface area contributed by atoms with Crippen LogP contribution in [-0.4, -0.2) is 32.2 Å². The predicted octanol–water partition coefficient (Wildman–Crippen LogP) is 1.56. The number of rotatable bonds is 6. The molecule has 0 spiro atoms. The van der Waals surface area contributed by atoms with Crippen molar-refractivity contribution in [2.24, 2.45) is 11.7 Å². The van der Waals surface area contributed by atoms with Gasteiger partial charge in [0.05, 0.1) is 0 Å². The number of amides is 1. The molecule has 5 heteroatoms. The van der Waals surface area contributed by atoms with Gasteiger partial charge in [-0.05, 0) is 43.5 Å². The van der Waals surface area contributed by atoms with Gasteiger partial charge in [0.2, 0.25) is 0 Å². The summed E-state index contributed by atoms with van der Waals surface area (Å²) < 4.78 is 10.9. The summed E-state index contributed by atoms with van der Waals surface area (Å²) >= 11 is 0. The lowest BCUT2D eigenvalue weighted by Gasteiger charge is -2.18. The van der Waals surface area contributed by atoms with E-state index in [0.29, 0.717) is 49.3 Å². The first kappa shape index (κ1) is 14.7. The molecule has 5 nitrogen and oxygen atoms in total. The van der Waals surface area contributed by atoms with Crippen LogP contribution < -0.4 is 20.5 Å². The molecule has 0 fully saturated rings. The van der Waals surface area contributed by atoms with E-state index < -0.39 is 0 Å². The summed E-state index contributed by atoms with van der Waals surface area (Å²) in [6, 6.07) is 5.26. The van der Waals surface area contributed by atoms with E-state index in [9.17, 15) is 4.79 Å². The zero-order chi connectivity index (χ0) is 14.4. The van der Waals surface area contributed by atoms with Gasteiger partial charge in [-0.2, -0.15) is 0 Å². The Hall–Kier alpha value is -1.75. The number of carbonyl (C=O) groups is 1. The van der Waals surface area contributed by atoms with Crippen LogP contribution in [0.5, 0.6) is 11.5 Å². The van der Waals surface area contributed by atoms with Crippen LogP contribution in [0.1, 0.15) is 30.1 Å². The molecule has 1 aliphatic heterocycles. The molecule has 0 saturated carbocycles. The van der Waals surface area contributed by atoms with Gasteiger partial charge in [-0.15, -0.1) is 0 Å². The van der Waals surface area contributed by atoms with Gasteiger partial charge in [-0.1, -0.05) is 6.92 Å². The Bertz CT molecular complexity index is 462. The van der Waals surface area contributed by atoms with Crippen molar-refractivity contribution in [3.63, 3.8) is 0 Å². The minimum Gasteiger partial charge on any atom is -0.486 e. The van der Waals surface area contributed by atoms with E-state index in [4.69, 9.17) is 15.2 Å². The number of nitrogens with one attached hydrogen (secondary N) is 1. The van der Waals surface area contributed by atoms with Crippen LogP contribution in [0.15, 0.2) is 18.2 Å². The van der Waals surface area contributed by atoms with Crippen molar-refractivity contribution in [1.82, 2.24) is 5.32 Å². The first-order valence-corrected chi connectivity index (χ1v) is 7.08. The Kier molecular flexibility index (Phi) is 5.24. The SMILES string of the molecule is CC(CN)CCCNC(=O)c1ccc2c(c1)OCCO2. The standard InChI is InChI=1S/C15H22N2O3/c1-11(10-16)3-2-6-17-15(18)12-4-5-13-14(9-12)20-8-7-19-13/h4-5,9,11H,2-3,6-8,10,16H2,1H3,(H,17,18). The molecule has 110 valence electrons. The van der Waals surface area contributed by atoms with E-state index in [1.54, 1.807) is 18.2 Å². The van der Waals surface area contributed by atoms with E-state index in [1.807, 2.05) is 0 Å². The summed E-state index contributed by atoms with van der Waals surface area (Å²) in [6.07, 6.45) is 1.96. The molecule has 1 aliphatic rings. The van der Waals surface area contributed by atoms with Gasteiger partial charge in [0.1, 0.15) is 13.2 Å². The van der Waals surface area contributed by atoms with E-state index in [2.05, 4.69) is 12.2 Å². The lowest BCUT2D eigenvalue weighted by Crippen LogP contribution is -2.25. The maximum Gasteiger partial charge on any atom is 0.251 e. The Morgan fingerprint density at radius 1 is 1.35 bits per heavy atom. The number of hydrogen-bond donors (Lipinski definition) is 2. The van der Waals surface area contributed by atoms with Gasteiger partial charge >= 0.3 is 0 Å². The third kappa shape index (κ3) is 3.87. The first-order valence-electron chi connectivity index (χ1n) is 7.08. The molecule has 1 aromatic rings. The van der Waals surface area contributed by atoms with Gasteiger partial charge in [-0.25, -0.2) is 0 Å². The Labute approximate surface area is 119 Å². The molecule has 1 heterocycles. The second-order valence-corrected chi connectivity index (χ2v) is 5.10. The maximum absolute atomic E-state index is 12.0. The number of hydrogen-bond acceptors (Lipinski definition) is 4. The molecule has 1 amide bonds. The highest BCUT2D eigenvalue weighted by molar-refractivity contribution is 5.94. The van der Waals surface area contributed by atoms with Crippen molar-refractivity contribution in [1.29, 1.82) is 0 Å². The third-order valence-electron chi connectivity index (χ3n) is 3.37. The molecule has 1 aromatic carbocycles. The van der Waals surface area contributed by atoms with E-state index in [-0.39, 0.29) is 5.91 Å². The van der Waals surface area contributed by atoms with Crippen molar-refractivity contribution in [3.8, 4) is 11.5 Å².